The first-order chi connectivity index (χ1) is 13.9. The molecule has 0 unspecified atom stereocenters. The second-order valence-electron chi connectivity index (χ2n) is 6.34. The number of benzene rings is 1. The normalized spacial score (nSPS) is 15.0. The molecule has 2 aromatic heterocycles. The zero-order valence-electron chi connectivity index (χ0n) is 14.9. The van der Waals surface area contributed by atoms with Gasteiger partial charge >= 0.3 is 0 Å². The maximum Gasteiger partial charge on any atom is 0.268 e. The quantitative estimate of drug-likeness (QED) is 0.535. The van der Waals surface area contributed by atoms with E-state index in [0.29, 0.717) is 39.5 Å². The fourth-order valence-electron chi connectivity index (χ4n) is 3.04. The maximum absolute atomic E-state index is 12.8. The zero-order chi connectivity index (χ0) is 20.6. The number of aromatic nitrogens is 1. The van der Waals surface area contributed by atoms with Crippen molar-refractivity contribution in [3.63, 3.8) is 0 Å². The van der Waals surface area contributed by atoms with Gasteiger partial charge in [0.15, 0.2) is 5.13 Å². The number of hydrogen-bond donors (Lipinski definition) is 1. The first-order valence-electron chi connectivity index (χ1n) is 8.66. The number of thiophene rings is 1. The average molecular weight is 488 g/mol. The second-order valence-corrected chi connectivity index (χ2v) is 10.9. The number of carbonyl (C=O) groups excluding carboxylic acids is 1. The van der Waals surface area contributed by atoms with E-state index in [1.165, 1.54) is 21.7 Å². The van der Waals surface area contributed by atoms with Crippen LogP contribution in [0.25, 0.3) is 11.3 Å². The van der Waals surface area contributed by atoms with Crippen LogP contribution in [0.3, 0.4) is 0 Å². The number of amides is 1. The first kappa shape index (κ1) is 20.8. The minimum atomic E-state index is -3.68. The van der Waals surface area contributed by atoms with Crippen LogP contribution in [-0.4, -0.2) is 36.7 Å². The molecular formula is C18H15Cl2N3O3S3. The van der Waals surface area contributed by atoms with Crippen molar-refractivity contribution in [1.29, 1.82) is 0 Å². The lowest BCUT2D eigenvalue weighted by atomic mass is 10.2. The van der Waals surface area contributed by atoms with Crippen molar-refractivity contribution in [2.75, 3.05) is 18.4 Å². The third-order valence-electron chi connectivity index (χ3n) is 4.45. The molecule has 29 heavy (non-hydrogen) atoms. The second kappa shape index (κ2) is 8.33. The van der Waals surface area contributed by atoms with Crippen molar-refractivity contribution < 1.29 is 13.2 Å². The highest BCUT2D eigenvalue weighted by molar-refractivity contribution is 7.89. The third-order valence-corrected chi connectivity index (χ3v) is 8.75. The monoisotopic (exact) mass is 487 g/mol. The molecule has 0 radical (unpaired) electrons. The Bertz CT molecular complexity index is 1170. The molecule has 0 aliphatic carbocycles. The van der Waals surface area contributed by atoms with Crippen molar-refractivity contribution in [2.24, 2.45) is 0 Å². The molecular weight excluding hydrogens is 473 g/mol. The first-order valence-corrected chi connectivity index (χ1v) is 12.6. The number of sulfonamides is 1. The van der Waals surface area contributed by atoms with E-state index >= 15 is 0 Å². The summed E-state index contributed by atoms with van der Waals surface area (Å²) in [5, 5.41) is 7.42. The third kappa shape index (κ3) is 4.21. The summed E-state index contributed by atoms with van der Waals surface area (Å²) < 4.78 is 27.1. The van der Waals surface area contributed by atoms with E-state index in [-0.39, 0.29) is 9.77 Å². The lowest BCUT2D eigenvalue weighted by Gasteiger charge is -2.15. The molecule has 0 atom stereocenters. The van der Waals surface area contributed by atoms with Gasteiger partial charge in [-0.3, -0.25) is 10.1 Å². The molecule has 11 heteroatoms. The van der Waals surface area contributed by atoms with E-state index in [2.05, 4.69) is 10.3 Å². The molecule has 0 saturated carbocycles. The lowest BCUT2D eigenvalue weighted by molar-refractivity contribution is 0.102. The Morgan fingerprint density at radius 2 is 1.90 bits per heavy atom. The fraction of sp³-hybridized carbons (Fsp3) is 0.222. The Labute approximate surface area is 186 Å². The molecule has 0 spiro atoms. The summed E-state index contributed by atoms with van der Waals surface area (Å²) in [6.07, 6.45) is 1.66. The van der Waals surface area contributed by atoms with E-state index in [9.17, 15) is 13.2 Å². The van der Waals surface area contributed by atoms with Crippen LogP contribution in [0.2, 0.25) is 10.0 Å². The van der Waals surface area contributed by atoms with Gasteiger partial charge in [-0.1, -0.05) is 23.2 Å². The summed E-state index contributed by atoms with van der Waals surface area (Å²) in [7, 11) is -3.68. The molecule has 152 valence electrons. The van der Waals surface area contributed by atoms with Gasteiger partial charge in [-0.2, -0.15) is 4.31 Å². The highest BCUT2D eigenvalue weighted by Crippen LogP contribution is 2.33. The van der Waals surface area contributed by atoms with E-state index < -0.39 is 15.9 Å². The topological polar surface area (TPSA) is 79.4 Å². The Balaban J connectivity index is 1.57. The smallest absolute Gasteiger partial charge is 0.268 e. The lowest BCUT2D eigenvalue weighted by Crippen LogP contribution is -2.29. The van der Waals surface area contributed by atoms with Crippen LogP contribution in [0.4, 0.5) is 5.13 Å². The van der Waals surface area contributed by atoms with Gasteiger partial charge in [0.2, 0.25) is 10.0 Å². The molecule has 1 amide bonds. The van der Waals surface area contributed by atoms with Gasteiger partial charge in [-0.25, -0.2) is 13.4 Å². The van der Waals surface area contributed by atoms with Crippen LogP contribution in [-0.2, 0) is 10.0 Å². The van der Waals surface area contributed by atoms with Crippen molar-refractivity contribution in [3.8, 4) is 11.3 Å². The van der Waals surface area contributed by atoms with Crippen LogP contribution in [0.1, 0.15) is 22.5 Å². The van der Waals surface area contributed by atoms with E-state index in [1.54, 1.807) is 29.0 Å². The molecule has 3 aromatic rings. The SMILES string of the molecule is O=C(Nc1nc(-c2cc(Cl)ccc2Cl)cs1)c1sccc1S(=O)(=O)N1CCCC1. The summed E-state index contributed by atoms with van der Waals surface area (Å²) >= 11 is 14.5. The molecule has 1 aromatic carbocycles. The number of thiazole rings is 1. The van der Waals surface area contributed by atoms with Crippen LogP contribution in [0.5, 0.6) is 0 Å². The largest absolute Gasteiger partial charge is 0.297 e. The number of rotatable bonds is 5. The van der Waals surface area contributed by atoms with Gasteiger partial charge in [0.1, 0.15) is 9.77 Å². The van der Waals surface area contributed by atoms with Gasteiger partial charge in [-0.15, -0.1) is 22.7 Å². The van der Waals surface area contributed by atoms with Crippen molar-refractivity contribution in [1.82, 2.24) is 9.29 Å². The molecule has 1 fully saturated rings. The van der Waals surface area contributed by atoms with Crippen molar-refractivity contribution in [2.45, 2.75) is 17.7 Å². The highest BCUT2D eigenvalue weighted by atomic mass is 35.5. The molecule has 1 saturated heterocycles. The number of nitrogens with one attached hydrogen (secondary N) is 1. The zero-order valence-corrected chi connectivity index (χ0v) is 18.9. The summed E-state index contributed by atoms with van der Waals surface area (Å²) in [4.78, 5) is 17.3. The van der Waals surface area contributed by atoms with Crippen LogP contribution >= 0.6 is 45.9 Å². The molecule has 3 heterocycles. The highest BCUT2D eigenvalue weighted by Gasteiger charge is 2.32. The number of halogens is 2. The summed E-state index contributed by atoms with van der Waals surface area (Å²) in [6, 6.07) is 6.54. The van der Waals surface area contributed by atoms with Gasteiger partial charge in [0.25, 0.3) is 5.91 Å². The van der Waals surface area contributed by atoms with Gasteiger partial charge < -0.3 is 0 Å². The minimum absolute atomic E-state index is 0.0385. The standard InChI is InChI=1S/C18H15Cl2N3O3S3/c19-11-3-4-13(20)12(9-11)14-10-28-18(21-14)22-17(24)16-15(5-8-27-16)29(25,26)23-6-1-2-7-23/h3-5,8-10H,1-2,6-7H2,(H,21,22,24). The van der Waals surface area contributed by atoms with Gasteiger partial charge in [0, 0.05) is 29.1 Å². The van der Waals surface area contributed by atoms with E-state index in [1.807, 2.05) is 0 Å². The van der Waals surface area contributed by atoms with E-state index in [0.717, 1.165) is 24.2 Å². The maximum atomic E-state index is 12.8. The van der Waals surface area contributed by atoms with Gasteiger partial charge in [0.05, 0.1) is 10.7 Å². The fourth-order valence-corrected chi connectivity index (χ4v) is 6.94. The average Bonchev–Trinajstić information content (AvgIpc) is 3.45. The van der Waals surface area contributed by atoms with Gasteiger partial charge in [-0.05, 0) is 42.5 Å². The molecule has 1 aliphatic rings. The van der Waals surface area contributed by atoms with Crippen molar-refractivity contribution in [3.05, 3.63) is 49.9 Å². The predicted molar refractivity (Wildman–Crippen MR) is 118 cm³/mol. The molecule has 4 rings (SSSR count). The Morgan fingerprint density at radius 3 is 2.66 bits per heavy atom. The van der Waals surface area contributed by atoms with E-state index in [4.69, 9.17) is 23.2 Å². The minimum Gasteiger partial charge on any atom is -0.297 e. The number of carbonyl (C=O) groups is 1. The Kier molecular flexibility index (Phi) is 5.97. The molecule has 1 N–H and O–H groups in total. The molecule has 1 aliphatic heterocycles. The van der Waals surface area contributed by atoms with Crippen LogP contribution in [0.15, 0.2) is 39.9 Å². The number of nitrogens with zero attached hydrogens (tertiary/aromatic N) is 2. The Morgan fingerprint density at radius 1 is 1.14 bits per heavy atom. The van der Waals surface area contributed by atoms with Crippen LogP contribution < -0.4 is 5.32 Å². The number of hydrogen-bond acceptors (Lipinski definition) is 6. The Hall–Kier alpha value is -1.49. The van der Waals surface area contributed by atoms with Crippen molar-refractivity contribution >= 4 is 66.9 Å². The summed E-state index contributed by atoms with van der Waals surface area (Å²) in [6.45, 7) is 0.963. The summed E-state index contributed by atoms with van der Waals surface area (Å²) in [5.41, 5.74) is 1.23. The van der Waals surface area contributed by atoms with Crippen LogP contribution in [0, 0.1) is 0 Å². The predicted octanol–water partition coefficient (Wildman–Crippen LogP) is 5.22. The molecule has 0 bridgehead atoms. The molecule has 6 nitrogen and oxygen atoms in total. The summed E-state index contributed by atoms with van der Waals surface area (Å²) in [5.74, 6) is -0.504. The number of anilines is 1.